The standard InChI is InChI=1S/C9H18N2O4/c1-3-11(5-6-12)9(14)10-7-8(13)15-4-2/h12H,3-7H2,1-2H3,(H,10,14). The van der Waals surface area contributed by atoms with E-state index in [1.54, 1.807) is 13.8 Å². The van der Waals surface area contributed by atoms with Crippen molar-refractivity contribution in [1.82, 2.24) is 10.2 Å². The Balaban J connectivity index is 3.84. The number of nitrogens with one attached hydrogen (secondary N) is 1. The molecule has 0 heterocycles. The van der Waals surface area contributed by atoms with Gasteiger partial charge in [0, 0.05) is 13.1 Å². The fourth-order valence-corrected chi connectivity index (χ4v) is 0.996. The summed E-state index contributed by atoms with van der Waals surface area (Å²) in [7, 11) is 0. The van der Waals surface area contributed by atoms with Gasteiger partial charge < -0.3 is 20.1 Å². The van der Waals surface area contributed by atoms with Crippen molar-refractivity contribution in [1.29, 1.82) is 0 Å². The molecule has 0 rings (SSSR count). The van der Waals surface area contributed by atoms with Crippen LogP contribution in [0.5, 0.6) is 0 Å². The minimum absolute atomic E-state index is 0.0966. The molecular weight excluding hydrogens is 200 g/mol. The molecule has 0 saturated carbocycles. The summed E-state index contributed by atoms with van der Waals surface area (Å²) in [6, 6.07) is -0.375. The Kier molecular flexibility index (Phi) is 7.35. The van der Waals surface area contributed by atoms with Crippen molar-refractivity contribution in [3.8, 4) is 0 Å². The lowest BCUT2D eigenvalue weighted by Crippen LogP contribution is -2.43. The Labute approximate surface area is 89.2 Å². The molecule has 0 aliphatic heterocycles. The number of hydrogen-bond donors (Lipinski definition) is 2. The summed E-state index contributed by atoms with van der Waals surface area (Å²) >= 11 is 0. The molecule has 0 aliphatic rings. The van der Waals surface area contributed by atoms with E-state index in [0.29, 0.717) is 13.2 Å². The molecule has 6 nitrogen and oxygen atoms in total. The second-order valence-electron chi connectivity index (χ2n) is 2.77. The first-order chi connectivity index (χ1) is 7.15. The number of aliphatic hydroxyl groups is 1. The fraction of sp³-hybridized carbons (Fsp3) is 0.778. The minimum Gasteiger partial charge on any atom is -0.465 e. The highest BCUT2D eigenvalue weighted by Crippen LogP contribution is 1.88. The van der Waals surface area contributed by atoms with Crippen LogP contribution in [0.3, 0.4) is 0 Å². The summed E-state index contributed by atoms with van der Waals surface area (Å²) in [6.45, 7) is 4.28. The Bertz CT molecular complexity index is 208. The van der Waals surface area contributed by atoms with Crippen LogP contribution < -0.4 is 5.32 Å². The van der Waals surface area contributed by atoms with Gasteiger partial charge in [-0.15, -0.1) is 0 Å². The molecule has 0 spiro atoms. The Morgan fingerprint density at radius 1 is 1.40 bits per heavy atom. The maximum absolute atomic E-state index is 11.4. The zero-order chi connectivity index (χ0) is 11.7. The van der Waals surface area contributed by atoms with Crippen LogP contribution in [0.4, 0.5) is 4.79 Å². The van der Waals surface area contributed by atoms with E-state index in [1.165, 1.54) is 4.90 Å². The fourth-order valence-electron chi connectivity index (χ4n) is 0.996. The summed E-state index contributed by atoms with van der Waals surface area (Å²) in [5, 5.41) is 11.1. The molecule has 0 bridgehead atoms. The lowest BCUT2D eigenvalue weighted by molar-refractivity contribution is -0.141. The lowest BCUT2D eigenvalue weighted by atomic mass is 10.5. The molecule has 0 aromatic heterocycles. The van der Waals surface area contributed by atoms with Crippen LogP contribution in [-0.2, 0) is 9.53 Å². The first kappa shape index (κ1) is 13.7. The zero-order valence-electron chi connectivity index (χ0n) is 9.15. The summed E-state index contributed by atoms with van der Waals surface area (Å²) in [5.74, 6) is -0.467. The predicted molar refractivity (Wildman–Crippen MR) is 54.4 cm³/mol. The molecule has 0 aromatic rings. The van der Waals surface area contributed by atoms with Crippen LogP contribution in [0.2, 0.25) is 0 Å². The molecule has 0 aromatic carbocycles. The van der Waals surface area contributed by atoms with Gasteiger partial charge in [-0.25, -0.2) is 4.79 Å². The molecule has 0 aliphatic carbocycles. The van der Waals surface area contributed by atoms with Gasteiger partial charge in [0.25, 0.3) is 0 Å². The van der Waals surface area contributed by atoms with Gasteiger partial charge >= 0.3 is 12.0 Å². The predicted octanol–water partition coefficient (Wildman–Crippen LogP) is -0.427. The second kappa shape index (κ2) is 8.05. The van der Waals surface area contributed by atoms with E-state index in [0.717, 1.165) is 0 Å². The molecule has 0 radical (unpaired) electrons. The van der Waals surface area contributed by atoms with Crippen LogP contribution >= 0.6 is 0 Å². The van der Waals surface area contributed by atoms with E-state index in [2.05, 4.69) is 10.1 Å². The van der Waals surface area contributed by atoms with Crippen LogP contribution in [0.25, 0.3) is 0 Å². The van der Waals surface area contributed by atoms with Crippen LogP contribution in [0.1, 0.15) is 13.8 Å². The van der Waals surface area contributed by atoms with Crippen molar-refractivity contribution >= 4 is 12.0 Å². The Hall–Kier alpha value is -1.30. The number of esters is 1. The molecule has 0 saturated heterocycles. The van der Waals surface area contributed by atoms with Gasteiger partial charge in [-0.05, 0) is 13.8 Å². The number of aliphatic hydroxyl groups excluding tert-OH is 1. The number of amides is 2. The summed E-state index contributed by atoms with van der Waals surface area (Å²) < 4.78 is 4.64. The van der Waals surface area contributed by atoms with E-state index in [4.69, 9.17) is 5.11 Å². The van der Waals surface area contributed by atoms with Crippen molar-refractivity contribution in [3.05, 3.63) is 0 Å². The molecule has 15 heavy (non-hydrogen) atoms. The maximum atomic E-state index is 11.4. The van der Waals surface area contributed by atoms with E-state index < -0.39 is 5.97 Å². The second-order valence-corrected chi connectivity index (χ2v) is 2.77. The normalized spacial score (nSPS) is 9.53. The highest BCUT2D eigenvalue weighted by atomic mass is 16.5. The van der Waals surface area contributed by atoms with E-state index in [-0.39, 0.29) is 25.7 Å². The largest absolute Gasteiger partial charge is 0.465 e. The lowest BCUT2D eigenvalue weighted by Gasteiger charge is -2.19. The number of urea groups is 1. The number of hydrogen-bond acceptors (Lipinski definition) is 4. The third kappa shape index (κ3) is 5.90. The number of nitrogens with zero attached hydrogens (tertiary/aromatic N) is 1. The Morgan fingerprint density at radius 3 is 2.53 bits per heavy atom. The van der Waals surface area contributed by atoms with Gasteiger partial charge in [-0.2, -0.15) is 0 Å². The highest BCUT2D eigenvalue weighted by Gasteiger charge is 2.11. The smallest absolute Gasteiger partial charge is 0.325 e. The van der Waals surface area contributed by atoms with Gasteiger partial charge in [0.2, 0.25) is 0 Å². The van der Waals surface area contributed by atoms with Gasteiger partial charge in [0.1, 0.15) is 6.54 Å². The number of ether oxygens (including phenoxy) is 1. The molecule has 6 heteroatoms. The minimum atomic E-state index is -0.467. The molecule has 88 valence electrons. The number of likely N-dealkylation sites (N-methyl/N-ethyl adjacent to an activating group) is 1. The van der Waals surface area contributed by atoms with E-state index in [1.807, 2.05) is 0 Å². The Morgan fingerprint density at radius 2 is 2.07 bits per heavy atom. The molecule has 0 unspecified atom stereocenters. The number of carbonyl (C=O) groups excluding carboxylic acids is 2. The first-order valence-electron chi connectivity index (χ1n) is 4.94. The molecule has 2 N–H and O–H groups in total. The third-order valence-electron chi connectivity index (χ3n) is 1.73. The number of rotatable bonds is 6. The SMILES string of the molecule is CCOC(=O)CNC(=O)N(CC)CCO. The van der Waals surface area contributed by atoms with Crippen LogP contribution in [0.15, 0.2) is 0 Å². The zero-order valence-corrected chi connectivity index (χ0v) is 9.15. The topological polar surface area (TPSA) is 78.9 Å². The highest BCUT2D eigenvalue weighted by molar-refractivity contribution is 5.80. The van der Waals surface area contributed by atoms with Gasteiger partial charge in [-0.1, -0.05) is 0 Å². The van der Waals surface area contributed by atoms with Gasteiger partial charge in [0.15, 0.2) is 0 Å². The van der Waals surface area contributed by atoms with Crippen LogP contribution in [-0.4, -0.2) is 54.9 Å². The van der Waals surface area contributed by atoms with E-state index >= 15 is 0 Å². The summed E-state index contributed by atoms with van der Waals surface area (Å²) in [6.07, 6.45) is 0. The quantitative estimate of drug-likeness (QED) is 0.593. The monoisotopic (exact) mass is 218 g/mol. The molecule has 2 amide bonds. The first-order valence-corrected chi connectivity index (χ1v) is 4.94. The van der Waals surface area contributed by atoms with Crippen molar-refractivity contribution in [2.24, 2.45) is 0 Å². The third-order valence-corrected chi connectivity index (χ3v) is 1.73. The average Bonchev–Trinajstić information content (AvgIpc) is 2.23. The molecule has 0 atom stereocenters. The van der Waals surface area contributed by atoms with E-state index in [9.17, 15) is 9.59 Å². The molecule has 0 fully saturated rings. The molecular formula is C9H18N2O4. The van der Waals surface area contributed by atoms with Crippen LogP contribution in [0, 0.1) is 0 Å². The van der Waals surface area contributed by atoms with Crippen molar-refractivity contribution in [3.63, 3.8) is 0 Å². The van der Waals surface area contributed by atoms with Crippen molar-refractivity contribution in [2.75, 3.05) is 32.8 Å². The maximum Gasteiger partial charge on any atom is 0.325 e. The summed E-state index contributed by atoms with van der Waals surface area (Å²) in [4.78, 5) is 23.7. The summed E-state index contributed by atoms with van der Waals surface area (Å²) in [5.41, 5.74) is 0. The van der Waals surface area contributed by atoms with Gasteiger partial charge in [0.05, 0.1) is 13.2 Å². The van der Waals surface area contributed by atoms with Gasteiger partial charge in [-0.3, -0.25) is 4.79 Å². The van der Waals surface area contributed by atoms with Crippen molar-refractivity contribution in [2.45, 2.75) is 13.8 Å². The number of carbonyl (C=O) groups is 2. The van der Waals surface area contributed by atoms with Crippen molar-refractivity contribution < 1.29 is 19.4 Å². The average molecular weight is 218 g/mol.